The molecule has 152 valence electrons. The molecule has 2 heterocycles. The molecule has 4 aromatic rings. The van der Waals surface area contributed by atoms with Crippen molar-refractivity contribution < 1.29 is 4.79 Å². The Bertz CT molecular complexity index is 1280. The van der Waals surface area contributed by atoms with E-state index in [1.807, 2.05) is 36.4 Å². The number of hydrogen-bond donors (Lipinski definition) is 4. The fraction of sp³-hybridized carbons (Fsp3) is 0.261. The molecule has 7 heteroatoms. The van der Waals surface area contributed by atoms with Gasteiger partial charge in [-0.3, -0.25) is 4.79 Å². The number of benzene rings is 2. The Kier molecular flexibility index (Phi) is 4.50. The molecule has 30 heavy (non-hydrogen) atoms. The van der Waals surface area contributed by atoms with Gasteiger partial charge in [0.2, 0.25) is 5.95 Å². The second-order valence-electron chi connectivity index (χ2n) is 7.76. The first-order valence-electron chi connectivity index (χ1n) is 10.3. The standard InChI is InChI=1S/C23H24N6O/c1-25-21-17-10-13(6-8-20(17)28-23(24)29-21)12-26-22(30)14-7-9-19-16(11-14)15-4-2-3-5-18(15)27-19/h6-11,27H,2-5,12H2,1H3,(H,26,30)(H3,24,25,28,29). The summed E-state index contributed by atoms with van der Waals surface area (Å²) in [7, 11) is 1.80. The van der Waals surface area contributed by atoms with Crippen LogP contribution < -0.4 is 16.4 Å². The predicted octanol–water partition coefficient (Wildman–Crippen LogP) is 3.54. The fourth-order valence-electron chi connectivity index (χ4n) is 4.33. The zero-order valence-corrected chi connectivity index (χ0v) is 16.9. The second-order valence-corrected chi connectivity index (χ2v) is 7.76. The lowest BCUT2D eigenvalue weighted by molar-refractivity contribution is 0.0951. The van der Waals surface area contributed by atoms with Crippen molar-refractivity contribution in [3.63, 3.8) is 0 Å². The van der Waals surface area contributed by atoms with Crippen LogP contribution in [0, 0.1) is 0 Å². The number of nitrogens with one attached hydrogen (secondary N) is 3. The lowest BCUT2D eigenvalue weighted by atomic mass is 9.95. The van der Waals surface area contributed by atoms with Crippen LogP contribution in [0.5, 0.6) is 0 Å². The van der Waals surface area contributed by atoms with Crippen molar-refractivity contribution in [1.82, 2.24) is 20.3 Å². The van der Waals surface area contributed by atoms with Crippen LogP contribution in [0.4, 0.5) is 11.8 Å². The summed E-state index contributed by atoms with van der Waals surface area (Å²) in [6.07, 6.45) is 4.61. The van der Waals surface area contributed by atoms with Crippen LogP contribution in [-0.4, -0.2) is 27.9 Å². The second kappa shape index (κ2) is 7.33. The Morgan fingerprint density at radius 3 is 2.83 bits per heavy atom. The number of anilines is 2. The summed E-state index contributed by atoms with van der Waals surface area (Å²) in [6.45, 7) is 0.422. The molecule has 0 saturated heterocycles. The third kappa shape index (κ3) is 3.22. The molecule has 0 radical (unpaired) electrons. The molecular formula is C23H24N6O. The largest absolute Gasteiger partial charge is 0.372 e. The molecule has 7 nitrogen and oxygen atoms in total. The molecule has 0 atom stereocenters. The first-order chi connectivity index (χ1) is 14.6. The minimum absolute atomic E-state index is 0.0786. The normalized spacial score (nSPS) is 13.4. The molecule has 0 fully saturated rings. The van der Waals surface area contributed by atoms with Crippen LogP contribution in [0.1, 0.15) is 40.0 Å². The highest BCUT2D eigenvalue weighted by Crippen LogP contribution is 2.29. The number of nitrogens with two attached hydrogens (primary N) is 1. The van der Waals surface area contributed by atoms with Gasteiger partial charge in [0.05, 0.1) is 5.52 Å². The maximum Gasteiger partial charge on any atom is 0.251 e. The predicted molar refractivity (Wildman–Crippen MR) is 120 cm³/mol. The summed E-state index contributed by atoms with van der Waals surface area (Å²) in [5.41, 5.74) is 12.0. The van der Waals surface area contributed by atoms with E-state index in [1.165, 1.54) is 29.5 Å². The van der Waals surface area contributed by atoms with Gasteiger partial charge in [0.15, 0.2) is 0 Å². The van der Waals surface area contributed by atoms with E-state index in [4.69, 9.17) is 5.73 Å². The minimum Gasteiger partial charge on any atom is -0.372 e. The highest BCUT2D eigenvalue weighted by Gasteiger charge is 2.17. The summed E-state index contributed by atoms with van der Waals surface area (Å²) in [4.78, 5) is 24.8. The van der Waals surface area contributed by atoms with E-state index in [0.29, 0.717) is 17.9 Å². The smallest absolute Gasteiger partial charge is 0.251 e. The van der Waals surface area contributed by atoms with E-state index in [9.17, 15) is 4.79 Å². The average molecular weight is 400 g/mol. The number of H-pyrrole nitrogens is 1. The first-order valence-corrected chi connectivity index (χ1v) is 10.3. The van der Waals surface area contributed by atoms with Crippen molar-refractivity contribution in [1.29, 1.82) is 0 Å². The number of carbonyl (C=O) groups is 1. The SMILES string of the molecule is CNc1nc(N)nc2ccc(CNC(=O)c3ccc4[nH]c5c(c4c3)CCCC5)cc12. The number of carbonyl (C=O) groups excluding carboxylic acids is 1. The molecule has 0 saturated carbocycles. The minimum atomic E-state index is -0.0786. The molecule has 5 N–H and O–H groups in total. The maximum atomic E-state index is 12.8. The quantitative estimate of drug-likeness (QED) is 0.419. The van der Waals surface area contributed by atoms with E-state index in [-0.39, 0.29) is 11.9 Å². The van der Waals surface area contributed by atoms with Crippen molar-refractivity contribution in [2.45, 2.75) is 32.2 Å². The maximum absolute atomic E-state index is 12.8. The Balaban J connectivity index is 1.37. The van der Waals surface area contributed by atoms with Gasteiger partial charge in [0.1, 0.15) is 5.82 Å². The van der Waals surface area contributed by atoms with Gasteiger partial charge in [-0.2, -0.15) is 4.98 Å². The summed E-state index contributed by atoms with van der Waals surface area (Å²) >= 11 is 0. The van der Waals surface area contributed by atoms with Crippen LogP contribution >= 0.6 is 0 Å². The van der Waals surface area contributed by atoms with Gasteiger partial charge >= 0.3 is 0 Å². The molecule has 2 aromatic heterocycles. The number of rotatable bonds is 4. The lowest BCUT2D eigenvalue weighted by Crippen LogP contribution is -2.22. The molecule has 0 unspecified atom stereocenters. The molecule has 1 aliphatic carbocycles. The van der Waals surface area contributed by atoms with Crippen LogP contribution in [0.3, 0.4) is 0 Å². The third-order valence-electron chi connectivity index (χ3n) is 5.83. The Morgan fingerprint density at radius 2 is 1.97 bits per heavy atom. The number of hydrogen-bond acceptors (Lipinski definition) is 5. The van der Waals surface area contributed by atoms with E-state index in [1.54, 1.807) is 7.05 Å². The van der Waals surface area contributed by atoms with Gasteiger partial charge in [-0.25, -0.2) is 4.98 Å². The van der Waals surface area contributed by atoms with Crippen LogP contribution in [0.15, 0.2) is 36.4 Å². The van der Waals surface area contributed by atoms with Crippen molar-refractivity contribution in [3.8, 4) is 0 Å². The Labute approximate surface area is 174 Å². The fourth-order valence-corrected chi connectivity index (χ4v) is 4.33. The summed E-state index contributed by atoms with van der Waals surface area (Å²) in [5, 5.41) is 8.13. The van der Waals surface area contributed by atoms with Crippen LogP contribution in [0.2, 0.25) is 0 Å². The highest BCUT2D eigenvalue weighted by atomic mass is 16.1. The number of amides is 1. The van der Waals surface area contributed by atoms with Crippen LogP contribution in [0.25, 0.3) is 21.8 Å². The number of aromatic nitrogens is 3. The lowest BCUT2D eigenvalue weighted by Gasteiger charge is -2.11. The van der Waals surface area contributed by atoms with E-state index >= 15 is 0 Å². The van der Waals surface area contributed by atoms with Gasteiger partial charge in [-0.1, -0.05) is 6.07 Å². The van der Waals surface area contributed by atoms with Gasteiger partial charge < -0.3 is 21.4 Å². The van der Waals surface area contributed by atoms with Crippen LogP contribution in [-0.2, 0) is 19.4 Å². The third-order valence-corrected chi connectivity index (χ3v) is 5.83. The number of nitrogen functional groups attached to an aromatic ring is 1. The molecular weight excluding hydrogens is 376 g/mol. The van der Waals surface area contributed by atoms with Crippen molar-refractivity contribution >= 4 is 39.5 Å². The van der Waals surface area contributed by atoms with E-state index in [0.717, 1.165) is 34.8 Å². The van der Waals surface area contributed by atoms with E-state index in [2.05, 4.69) is 25.6 Å². The molecule has 1 aliphatic rings. The van der Waals surface area contributed by atoms with Gasteiger partial charge in [-0.15, -0.1) is 0 Å². The topological polar surface area (TPSA) is 109 Å². The zero-order valence-electron chi connectivity index (χ0n) is 16.9. The highest BCUT2D eigenvalue weighted by molar-refractivity contribution is 5.99. The van der Waals surface area contributed by atoms with Gasteiger partial charge in [-0.05, 0) is 67.1 Å². The summed E-state index contributed by atoms with van der Waals surface area (Å²) in [5.74, 6) is 0.828. The average Bonchev–Trinajstić information content (AvgIpc) is 3.14. The molecule has 0 spiro atoms. The van der Waals surface area contributed by atoms with Crippen molar-refractivity contribution in [3.05, 3.63) is 58.8 Å². The number of aryl methyl sites for hydroxylation is 2. The molecule has 2 aromatic carbocycles. The van der Waals surface area contributed by atoms with Crippen molar-refractivity contribution in [2.24, 2.45) is 0 Å². The van der Waals surface area contributed by atoms with E-state index < -0.39 is 0 Å². The van der Waals surface area contributed by atoms with Gasteiger partial charge in [0.25, 0.3) is 5.91 Å². The molecule has 0 bridgehead atoms. The summed E-state index contributed by atoms with van der Waals surface area (Å²) < 4.78 is 0. The number of fused-ring (bicyclic) bond motifs is 4. The molecule has 5 rings (SSSR count). The zero-order chi connectivity index (χ0) is 20.7. The van der Waals surface area contributed by atoms with Crippen molar-refractivity contribution in [2.75, 3.05) is 18.1 Å². The monoisotopic (exact) mass is 400 g/mol. The molecule has 1 amide bonds. The summed E-state index contributed by atoms with van der Waals surface area (Å²) in [6, 6.07) is 11.7. The first kappa shape index (κ1) is 18.4. The Morgan fingerprint density at radius 1 is 1.10 bits per heavy atom. The number of nitrogens with zero attached hydrogens (tertiary/aromatic N) is 2. The Hall–Kier alpha value is -3.61. The van der Waals surface area contributed by atoms with Gasteiger partial charge in [0, 0.05) is 41.1 Å². The molecule has 0 aliphatic heterocycles. The number of aromatic amines is 1.